The van der Waals surface area contributed by atoms with Crippen molar-refractivity contribution in [3.63, 3.8) is 0 Å². The summed E-state index contributed by atoms with van der Waals surface area (Å²) in [7, 11) is 1.83. The number of aliphatic hydroxyl groups is 1. The molecule has 31 heavy (non-hydrogen) atoms. The summed E-state index contributed by atoms with van der Waals surface area (Å²) < 4.78 is 1.69. The van der Waals surface area contributed by atoms with Gasteiger partial charge < -0.3 is 15.3 Å². The zero-order valence-corrected chi connectivity index (χ0v) is 18.2. The van der Waals surface area contributed by atoms with Crippen LogP contribution in [0.5, 0.6) is 0 Å². The Bertz CT molecular complexity index is 1100. The molecule has 1 amide bonds. The van der Waals surface area contributed by atoms with E-state index in [0.717, 1.165) is 18.5 Å². The van der Waals surface area contributed by atoms with Crippen LogP contribution in [-0.2, 0) is 7.05 Å². The summed E-state index contributed by atoms with van der Waals surface area (Å²) in [6.07, 6.45) is 4.44. The lowest BCUT2D eigenvalue weighted by Crippen LogP contribution is -2.33. The quantitative estimate of drug-likeness (QED) is 0.651. The number of pyridine rings is 1. The van der Waals surface area contributed by atoms with Gasteiger partial charge in [-0.2, -0.15) is 10.2 Å². The second-order valence-corrected chi connectivity index (χ2v) is 8.55. The minimum atomic E-state index is -0.741. The molecule has 0 bridgehead atoms. The van der Waals surface area contributed by atoms with Crippen LogP contribution in [0.4, 0.5) is 11.5 Å². The Kier molecular flexibility index (Phi) is 5.45. The van der Waals surface area contributed by atoms with Gasteiger partial charge in [0.1, 0.15) is 5.69 Å². The lowest BCUT2D eigenvalue weighted by atomic mass is 9.90. The number of aryl methyl sites for hydroxylation is 2. The van der Waals surface area contributed by atoms with Crippen LogP contribution in [0.25, 0.3) is 11.3 Å². The largest absolute Gasteiger partial charge is 0.390 e. The molecule has 4 heterocycles. The molecule has 1 fully saturated rings. The first-order chi connectivity index (χ1) is 14.7. The molecular formula is C22H27N7O2. The van der Waals surface area contributed by atoms with E-state index in [-0.39, 0.29) is 11.8 Å². The van der Waals surface area contributed by atoms with Crippen molar-refractivity contribution in [3.8, 4) is 11.3 Å². The van der Waals surface area contributed by atoms with Crippen molar-refractivity contribution < 1.29 is 9.90 Å². The van der Waals surface area contributed by atoms with Gasteiger partial charge in [-0.25, -0.2) is 4.98 Å². The fraction of sp³-hybridized carbons (Fsp3) is 0.409. The van der Waals surface area contributed by atoms with Crippen molar-refractivity contribution in [1.82, 2.24) is 25.0 Å². The molecule has 162 valence electrons. The van der Waals surface area contributed by atoms with Gasteiger partial charge in [-0.3, -0.25) is 9.48 Å². The lowest BCUT2D eigenvalue weighted by molar-refractivity contribution is 0.0263. The first kappa shape index (κ1) is 20.9. The maximum absolute atomic E-state index is 12.9. The van der Waals surface area contributed by atoms with Crippen molar-refractivity contribution in [1.29, 1.82) is 0 Å². The van der Waals surface area contributed by atoms with Crippen LogP contribution >= 0.6 is 0 Å². The normalized spacial score (nSPS) is 16.5. The Morgan fingerprint density at radius 3 is 2.77 bits per heavy atom. The van der Waals surface area contributed by atoms with Crippen LogP contribution in [0, 0.1) is 12.8 Å². The molecule has 0 aliphatic carbocycles. The molecule has 4 rings (SSSR count). The zero-order valence-electron chi connectivity index (χ0n) is 18.2. The molecule has 0 spiro atoms. The number of carbonyl (C=O) groups is 1. The first-order valence-electron chi connectivity index (χ1n) is 10.3. The van der Waals surface area contributed by atoms with Gasteiger partial charge in [0.25, 0.3) is 5.91 Å². The third-order valence-corrected chi connectivity index (χ3v) is 5.71. The molecule has 0 saturated carbocycles. The topological polar surface area (TPSA) is 109 Å². The van der Waals surface area contributed by atoms with Gasteiger partial charge in [-0.1, -0.05) is 6.07 Å². The Morgan fingerprint density at radius 2 is 2.10 bits per heavy atom. The third-order valence-electron chi connectivity index (χ3n) is 5.71. The maximum atomic E-state index is 12.9. The Hall–Kier alpha value is -3.33. The van der Waals surface area contributed by atoms with Crippen LogP contribution in [0.3, 0.4) is 0 Å². The molecule has 3 aromatic heterocycles. The highest BCUT2D eigenvalue weighted by Crippen LogP contribution is 2.30. The van der Waals surface area contributed by atoms with E-state index in [4.69, 9.17) is 0 Å². The Balaban J connectivity index is 1.52. The molecule has 1 saturated heterocycles. The highest BCUT2D eigenvalue weighted by molar-refractivity contribution is 6.03. The maximum Gasteiger partial charge on any atom is 0.274 e. The smallest absolute Gasteiger partial charge is 0.274 e. The van der Waals surface area contributed by atoms with E-state index in [1.54, 1.807) is 29.9 Å². The average molecular weight is 422 g/mol. The number of anilines is 2. The van der Waals surface area contributed by atoms with Crippen molar-refractivity contribution >= 4 is 17.4 Å². The van der Waals surface area contributed by atoms with Gasteiger partial charge in [0.05, 0.1) is 28.9 Å². The number of rotatable bonds is 5. The SMILES string of the molecule is Cc1nnc(N2CC[C@H](C(C)(C)O)C2)cc1NC(=O)c1cccc(-c2cnn(C)c2)n1. The molecule has 9 heteroatoms. The van der Waals surface area contributed by atoms with Crippen molar-refractivity contribution in [2.45, 2.75) is 32.8 Å². The number of carbonyl (C=O) groups excluding carboxylic acids is 1. The van der Waals surface area contributed by atoms with Gasteiger partial charge in [0, 0.05) is 43.9 Å². The van der Waals surface area contributed by atoms with Gasteiger partial charge in [0.2, 0.25) is 0 Å². The van der Waals surface area contributed by atoms with Crippen LogP contribution in [0.2, 0.25) is 0 Å². The summed E-state index contributed by atoms with van der Waals surface area (Å²) in [6.45, 7) is 6.95. The van der Waals surface area contributed by atoms with E-state index in [1.807, 2.05) is 39.2 Å². The average Bonchev–Trinajstić information content (AvgIpc) is 3.39. The van der Waals surface area contributed by atoms with Crippen LogP contribution in [0.1, 0.15) is 36.5 Å². The molecule has 0 radical (unpaired) electrons. The van der Waals surface area contributed by atoms with Crippen LogP contribution in [0.15, 0.2) is 36.7 Å². The fourth-order valence-corrected chi connectivity index (χ4v) is 3.73. The summed E-state index contributed by atoms with van der Waals surface area (Å²) >= 11 is 0. The number of hydrogen-bond acceptors (Lipinski definition) is 7. The molecular weight excluding hydrogens is 394 g/mol. The molecule has 0 aromatic carbocycles. The van der Waals surface area contributed by atoms with Crippen molar-refractivity contribution in [2.75, 3.05) is 23.3 Å². The van der Waals surface area contributed by atoms with E-state index in [1.165, 1.54) is 0 Å². The minimum absolute atomic E-state index is 0.160. The molecule has 1 aliphatic rings. The molecule has 1 atom stereocenters. The number of amides is 1. The summed E-state index contributed by atoms with van der Waals surface area (Å²) in [5.74, 6) is 0.529. The number of hydrogen-bond donors (Lipinski definition) is 2. The predicted molar refractivity (Wildman–Crippen MR) is 118 cm³/mol. The Labute approximate surface area is 181 Å². The van der Waals surface area contributed by atoms with Crippen LogP contribution < -0.4 is 10.2 Å². The molecule has 2 N–H and O–H groups in total. The van der Waals surface area contributed by atoms with Crippen molar-refractivity contribution in [2.24, 2.45) is 13.0 Å². The molecule has 3 aromatic rings. The van der Waals surface area contributed by atoms with E-state index in [0.29, 0.717) is 35.1 Å². The highest BCUT2D eigenvalue weighted by atomic mass is 16.3. The number of aromatic nitrogens is 5. The highest BCUT2D eigenvalue weighted by Gasteiger charge is 2.34. The number of nitrogens with zero attached hydrogens (tertiary/aromatic N) is 6. The second kappa shape index (κ2) is 8.07. The summed E-state index contributed by atoms with van der Waals surface area (Å²) in [5, 5.41) is 25.9. The third kappa shape index (κ3) is 4.56. The van der Waals surface area contributed by atoms with E-state index in [9.17, 15) is 9.90 Å². The number of nitrogens with one attached hydrogen (secondary N) is 1. The fourth-order valence-electron chi connectivity index (χ4n) is 3.73. The summed E-state index contributed by atoms with van der Waals surface area (Å²) in [4.78, 5) is 19.5. The molecule has 9 nitrogen and oxygen atoms in total. The summed E-state index contributed by atoms with van der Waals surface area (Å²) in [5.41, 5.74) is 2.31. The minimum Gasteiger partial charge on any atom is -0.390 e. The van der Waals surface area contributed by atoms with Crippen LogP contribution in [-0.4, -0.2) is 54.7 Å². The zero-order chi connectivity index (χ0) is 22.2. The van der Waals surface area contributed by atoms with Gasteiger partial charge in [-0.15, -0.1) is 5.10 Å². The molecule has 0 unspecified atom stereocenters. The first-order valence-corrected chi connectivity index (χ1v) is 10.3. The van der Waals surface area contributed by atoms with Gasteiger partial charge in [-0.05, 0) is 39.3 Å². The van der Waals surface area contributed by atoms with E-state index in [2.05, 4.69) is 30.5 Å². The lowest BCUT2D eigenvalue weighted by Gasteiger charge is -2.26. The van der Waals surface area contributed by atoms with Gasteiger partial charge >= 0.3 is 0 Å². The summed E-state index contributed by atoms with van der Waals surface area (Å²) in [6, 6.07) is 7.15. The standard InChI is InChI=1S/C22H27N7O2/c1-14-19(10-20(27-26-14)29-9-8-16(13-29)22(2,3)31)25-21(30)18-7-5-6-17(24-18)15-11-23-28(4)12-15/h5-7,10-12,16,31H,8-9,13H2,1-4H3,(H,25,27,30)/t16-/m0/s1. The monoisotopic (exact) mass is 421 g/mol. The second-order valence-electron chi connectivity index (χ2n) is 8.55. The van der Waals surface area contributed by atoms with Gasteiger partial charge in [0.15, 0.2) is 5.82 Å². The van der Waals surface area contributed by atoms with E-state index >= 15 is 0 Å². The van der Waals surface area contributed by atoms with E-state index < -0.39 is 5.60 Å². The van der Waals surface area contributed by atoms with Crippen molar-refractivity contribution in [3.05, 3.63) is 48.0 Å². The molecule has 1 aliphatic heterocycles. The predicted octanol–water partition coefficient (Wildman–Crippen LogP) is 2.43. The Morgan fingerprint density at radius 1 is 1.29 bits per heavy atom.